The van der Waals surface area contributed by atoms with Crippen LogP contribution in [0.1, 0.15) is 33.6 Å². The van der Waals surface area contributed by atoms with Gasteiger partial charge in [0.15, 0.2) is 9.84 Å². The zero-order valence-electron chi connectivity index (χ0n) is 11.6. The van der Waals surface area contributed by atoms with Crippen LogP contribution in [0.3, 0.4) is 0 Å². The second-order valence-corrected chi connectivity index (χ2v) is 7.80. The van der Waals surface area contributed by atoms with E-state index in [1.165, 1.54) is 7.05 Å². The first-order chi connectivity index (χ1) is 8.24. The highest BCUT2D eigenvalue weighted by molar-refractivity contribution is 7.92. The zero-order valence-corrected chi connectivity index (χ0v) is 12.4. The molecule has 5 nitrogen and oxygen atoms in total. The Kier molecular flexibility index (Phi) is 4.78. The molecule has 0 aliphatic heterocycles. The Labute approximate surface area is 110 Å². The van der Waals surface area contributed by atoms with Crippen molar-refractivity contribution in [1.29, 1.82) is 0 Å². The molecule has 0 aromatic heterocycles. The van der Waals surface area contributed by atoms with Crippen LogP contribution < -0.4 is 10.6 Å². The molecule has 0 radical (unpaired) electrons. The van der Waals surface area contributed by atoms with E-state index >= 15 is 0 Å². The zero-order chi connectivity index (χ0) is 14.0. The molecule has 1 saturated carbocycles. The molecular formula is C12H24N2O3S. The smallest absolute Gasteiger partial charge is 0.234 e. The van der Waals surface area contributed by atoms with E-state index in [4.69, 9.17) is 0 Å². The number of hydrogen-bond donors (Lipinski definition) is 2. The third-order valence-electron chi connectivity index (χ3n) is 3.78. The molecule has 2 N–H and O–H groups in total. The molecule has 0 aromatic rings. The van der Waals surface area contributed by atoms with Crippen LogP contribution in [0.15, 0.2) is 0 Å². The Morgan fingerprint density at radius 2 is 2.00 bits per heavy atom. The van der Waals surface area contributed by atoms with E-state index in [1.807, 2.05) is 6.92 Å². The molecular weight excluding hydrogens is 252 g/mol. The van der Waals surface area contributed by atoms with Crippen LogP contribution in [0.4, 0.5) is 0 Å². The van der Waals surface area contributed by atoms with Crippen molar-refractivity contribution in [3.05, 3.63) is 0 Å². The van der Waals surface area contributed by atoms with Crippen LogP contribution in [0.2, 0.25) is 0 Å². The number of hydrogen-bond acceptors (Lipinski definition) is 4. The summed E-state index contributed by atoms with van der Waals surface area (Å²) in [4.78, 5) is 11.3. The Hall–Kier alpha value is -0.620. The molecule has 1 rings (SSSR count). The Morgan fingerprint density at radius 1 is 1.39 bits per heavy atom. The minimum atomic E-state index is -3.39. The highest BCUT2D eigenvalue weighted by Crippen LogP contribution is 2.40. The van der Waals surface area contributed by atoms with Crippen LogP contribution in [-0.2, 0) is 14.6 Å². The fraction of sp³-hybridized carbons (Fsp3) is 0.917. The molecule has 0 heterocycles. The number of sulfone groups is 1. The maximum absolute atomic E-state index is 12.3. The SMILES string of the molecule is CCNC1C(S(=O)(=O)CC(=O)NC)CCC1(C)C. The van der Waals surface area contributed by atoms with Gasteiger partial charge in [0.1, 0.15) is 5.75 Å². The third kappa shape index (κ3) is 3.23. The van der Waals surface area contributed by atoms with Crippen molar-refractivity contribution in [1.82, 2.24) is 10.6 Å². The summed E-state index contributed by atoms with van der Waals surface area (Å²) in [6.07, 6.45) is 1.49. The molecule has 1 fully saturated rings. The van der Waals surface area contributed by atoms with Gasteiger partial charge in [-0.15, -0.1) is 0 Å². The van der Waals surface area contributed by atoms with E-state index in [0.29, 0.717) is 6.42 Å². The number of rotatable bonds is 5. The summed E-state index contributed by atoms with van der Waals surface area (Å²) in [7, 11) is -1.93. The summed E-state index contributed by atoms with van der Waals surface area (Å²) in [6, 6.07) is -0.0721. The molecule has 0 spiro atoms. The minimum absolute atomic E-state index is 0.0452. The van der Waals surface area contributed by atoms with Gasteiger partial charge in [-0.25, -0.2) is 8.42 Å². The Bertz CT molecular complexity index is 404. The predicted molar refractivity (Wildman–Crippen MR) is 72.1 cm³/mol. The maximum atomic E-state index is 12.3. The first kappa shape index (κ1) is 15.4. The van der Waals surface area contributed by atoms with Gasteiger partial charge in [0.25, 0.3) is 0 Å². The Morgan fingerprint density at radius 3 is 2.50 bits per heavy atom. The van der Waals surface area contributed by atoms with E-state index in [1.54, 1.807) is 0 Å². The van der Waals surface area contributed by atoms with Crippen molar-refractivity contribution < 1.29 is 13.2 Å². The maximum Gasteiger partial charge on any atom is 0.234 e. The fourth-order valence-corrected chi connectivity index (χ4v) is 4.80. The second kappa shape index (κ2) is 5.57. The van der Waals surface area contributed by atoms with Crippen LogP contribution in [0.25, 0.3) is 0 Å². The van der Waals surface area contributed by atoms with Gasteiger partial charge in [0.2, 0.25) is 5.91 Å². The van der Waals surface area contributed by atoms with Gasteiger partial charge in [0.05, 0.1) is 5.25 Å². The number of nitrogens with one attached hydrogen (secondary N) is 2. The van der Waals surface area contributed by atoms with Crippen molar-refractivity contribution in [2.45, 2.75) is 44.9 Å². The molecule has 0 aromatic carbocycles. The topological polar surface area (TPSA) is 75.3 Å². The lowest BCUT2D eigenvalue weighted by atomic mass is 9.87. The molecule has 106 valence electrons. The molecule has 0 saturated heterocycles. The largest absolute Gasteiger partial charge is 0.358 e. The van der Waals surface area contributed by atoms with Crippen LogP contribution in [-0.4, -0.2) is 45.0 Å². The third-order valence-corrected chi connectivity index (χ3v) is 5.88. The summed E-state index contributed by atoms with van der Waals surface area (Å²) in [5, 5.41) is 5.19. The van der Waals surface area contributed by atoms with Crippen molar-refractivity contribution in [2.75, 3.05) is 19.3 Å². The highest BCUT2D eigenvalue weighted by atomic mass is 32.2. The average Bonchev–Trinajstić information content (AvgIpc) is 2.55. The molecule has 1 aliphatic carbocycles. The lowest BCUT2D eigenvalue weighted by molar-refractivity contribution is -0.118. The van der Waals surface area contributed by atoms with Gasteiger partial charge in [-0.2, -0.15) is 0 Å². The van der Waals surface area contributed by atoms with Crippen LogP contribution in [0, 0.1) is 5.41 Å². The highest BCUT2D eigenvalue weighted by Gasteiger charge is 2.47. The first-order valence-electron chi connectivity index (χ1n) is 6.40. The number of amides is 1. The van der Waals surface area contributed by atoms with E-state index in [-0.39, 0.29) is 11.5 Å². The Balaban J connectivity index is 2.91. The van der Waals surface area contributed by atoms with Crippen molar-refractivity contribution in [2.24, 2.45) is 5.41 Å². The normalized spacial score (nSPS) is 27.1. The first-order valence-corrected chi connectivity index (χ1v) is 8.11. The number of carbonyl (C=O) groups excluding carboxylic acids is 1. The lowest BCUT2D eigenvalue weighted by Gasteiger charge is -2.31. The van der Waals surface area contributed by atoms with Gasteiger partial charge >= 0.3 is 0 Å². The lowest BCUT2D eigenvalue weighted by Crippen LogP contribution is -2.49. The van der Waals surface area contributed by atoms with Gasteiger partial charge in [-0.05, 0) is 24.8 Å². The summed E-state index contributed by atoms with van der Waals surface area (Å²) in [6.45, 7) is 6.86. The van der Waals surface area contributed by atoms with Gasteiger partial charge in [0, 0.05) is 13.1 Å². The van der Waals surface area contributed by atoms with Gasteiger partial charge < -0.3 is 10.6 Å². The minimum Gasteiger partial charge on any atom is -0.358 e. The summed E-state index contributed by atoms with van der Waals surface area (Å²) >= 11 is 0. The van der Waals surface area contributed by atoms with Crippen molar-refractivity contribution >= 4 is 15.7 Å². The van der Waals surface area contributed by atoms with Gasteiger partial charge in [-0.1, -0.05) is 20.8 Å². The molecule has 2 atom stereocenters. The van der Waals surface area contributed by atoms with E-state index in [9.17, 15) is 13.2 Å². The van der Waals surface area contributed by atoms with Crippen LogP contribution in [0.5, 0.6) is 0 Å². The van der Waals surface area contributed by atoms with E-state index in [2.05, 4.69) is 24.5 Å². The standard InChI is InChI=1S/C12H24N2O3S/c1-5-14-11-9(6-7-12(11,2)3)18(16,17)8-10(15)13-4/h9,11,14H,5-8H2,1-4H3,(H,13,15). The molecule has 1 aliphatic rings. The van der Waals surface area contributed by atoms with Gasteiger partial charge in [-0.3, -0.25) is 4.79 Å². The average molecular weight is 276 g/mol. The quantitative estimate of drug-likeness (QED) is 0.758. The molecule has 1 amide bonds. The van der Waals surface area contributed by atoms with Crippen molar-refractivity contribution in [3.63, 3.8) is 0 Å². The molecule has 6 heteroatoms. The van der Waals surface area contributed by atoms with E-state index in [0.717, 1.165) is 13.0 Å². The number of carbonyl (C=O) groups is 1. The molecule has 18 heavy (non-hydrogen) atoms. The summed E-state index contributed by atoms with van der Waals surface area (Å²) in [5.41, 5.74) is -0.0452. The fourth-order valence-electron chi connectivity index (χ4n) is 2.72. The second-order valence-electron chi connectivity index (χ2n) is 5.58. The predicted octanol–water partition coefficient (Wildman–Crippen LogP) is 0.314. The van der Waals surface area contributed by atoms with Crippen molar-refractivity contribution in [3.8, 4) is 0 Å². The molecule has 0 bridgehead atoms. The molecule has 2 unspecified atom stereocenters. The summed E-state index contributed by atoms with van der Waals surface area (Å²) in [5.74, 6) is -0.846. The summed E-state index contributed by atoms with van der Waals surface area (Å²) < 4.78 is 24.5. The van der Waals surface area contributed by atoms with Crippen LogP contribution >= 0.6 is 0 Å². The monoisotopic (exact) mass is 276 g/mol. The van der Waals surface area contributed by atoms with E-state index < -0.39 is 26.7 Å².